The average molecular weight is 176 g/mol. The number of hydrogen-bond acceptors (Lipinski definition) is 2. The molecule has 1 heterocycles. The van der Waals surface area contributed by atoms with Crippen LogP contribution < -0.4 is 0 Å². The molecule has 1 fully saturated rings. The van der Waals surface area contributed by atoms with E-state index < -0.39 is 6.41 Å². The average Bonchev–Trinajstić information content (AvgIpc) is 1.83. The minimum absolute atomic E-state index is 0.354. The first kappa shape index (κ1) is 9.92. The Labute approximate surface area is 73.8 Å². The molecule has 0 aromatic heterocycles. The molecule has 0 saturated carbocycles. The van der Waals surface area contributed by atoms with Gasteiger partial charge >= 0.3 is 6.41 Å². The molecule has 2 N–H and O–H groups in total. The third-order valence-electron chi connectivity index (χ3n) is 2.70. The summed E-state index contributed by atoms with van der Waals surface area (Å²) < 4.78 is 1.22. The van der Waals surface area contributed by atoms with Gasteiger partial charge in [0.15, 0.2) is 0 Å². The lowest BCUT2D eigenvalue weighted by molar-refractivity contribution is -1.12. The predicted molar refractivity (Wildman–Crippen MR) is 45.7 cm³/mol. The maximum absolute atomic E-state index is 9.19. The van der Waals surface area contributed by atoms with Crippen molar-refractivity contribution in [3.8, 4) is 0 Å². The van der Waals surface area contributed by atoms with Crippen molar-refractivity contribution in [2.45, 2.75) is 12.8 Å². The SMILES string of the molecule is C[N+]1(C)CCC[N+](C)(C(O)O)C1. The first-order valence-electron chi connectivity index (χ1n) is 4.38. The second-order valence-electron chi connectivity index (χ2n) is 4.70. The Hall–Kier alpha value is -0.160. The first-order chi connectivity index (χ1) is 5.36. The summed E-state index contributed by atoms with van der Waals surface area (Å²) >= 11 is 0. The topological polar surface area (TPSA) is 40.5 Å². The minimum Gasteiger partial charge on any atom is -0.321 e. The monoisotopic (exact) mass is 176 g/mol. The highest BCUT2D eigenvalue weighted by atomic mass is 16.5. The number of rotatable bonds is 1. The highest BCUT2D eigenvalue weighted by molar-refractivity contribution is 4.43. The molecule has 4 nitrogen and oxygen atoms in total. The van der Waals surface area contributed by atoms with Crippen LogP contribution in [0.1, 0.15) is 6.42 Å². The lowest BCUT2D eigenvalue weighted by Gasteiger charge is -2.45. The highest BCUT2D eigenvalue weighted by Crippen LogP contribution is 2.18. The van der Waals surface area contributed by atoms with Gasteiger partial charge in [0.2, 0.25) is 6.67 Å². The summed E-state index contributed by atoms with van der Waals surface area (Å²) in [6.45, 7) is 2.78. The van der Waals surface area contributed by atoms with Gasteiger partial charge in [-0.05, 0) is 0 Å². The Balaban J connectivity index is 2.68. The number of hydrogen-bond donors (Lipinski definition) is 2. The Morgan fingerprint density at radius 1 is 1.08 bits per heavy atom. The van der Waals surface area contributed by atoms with Gasteiger partial charge in [-0.2, -0.15) is 0 Å². The van der Waals surface area contributed by atoms with Gasteiger partial charge < -0.3 is 10.2 Å². The van der Waals surface area contributed by atoms with Crippen molar-refractivity contribution >= 4 is 0 Å². The minimum atomic E-state index is -1.23. The van der Waals surface area contributed by atoms with Crippen LogP contribution in [0.25, 0.3) is 0 Å². The number of nitrogens with zero attached hydrogens (tertiary/aromatic N) is 2. The maximum atomic E-state index is 9.19. The van der Waals surface area contributed by atoms with E-state index in [2.05, 4.69) is 14.1 Å². The van der Waals surface area contributed by atoms with Crippen LogP contribution in [0.3, 0.4) is 0 Å². The van der Waals surface area contributed by atoms with Crippen molar-refractivity contribution in [1.82, 2.24) is 0 Å². The molecular formula is C8H20N2O2+2. The van der Waals surface area contributed by atoms with Crippen molar-refractivity contribution in [3.05, 3.63) is 0 Å². The van der Waals surface area contributed by atoms with E-state index in [9.17, 15) is 10.2 Å². The molecule has 1 rings (SSSR count). The van der Waals surface area contributed by atoms with E-state index in [1.165, 1.54) is 0 Å². The van der Waals surface area contributed by atoms with Crippen LogP contribution in [0.15, 0.2) is 0 Å². The van der Waals surface area contributed by atoms with E-state index in [1.54, 1.807) is 0 Å². The third kappa shape index (κ3) is 1.95. The summed E-state index contributed by atoms with van der Waals surface area (Å²) in [6, 6.07) is 0. The summed E-state index contributed by atoms with van der Waals surface area (Å²) in [7, 11) is 6.14. The van der Waals surface area contributed by atoms with Gasteiger partial charge in [-0.1, -0.05) is 0 Å². The molecule has 4 heteroatoms. The normalized spacial score (nSPS) is 35.5. The van der Waals surface area contributed by atoms with Gasteiger partial charge in [0, 0.05) is 6.42 Å². The molecule has 72 valence electrons. The van der Waals surface area contributed by atoms with E-state index >= 15 is 0 Å². The molecule has 1 saturated heterocycles. The highest BCUT2D eigenvalue weighted by Gasteiger charge is 2.40. The molecule has 1 unspecified atom stereocenters. The largest absolute Gasteiger partial charge is 0.321 e. The van der Waals surface area contributed by atoms with Gasteiger partial charge in [-0.25, -0.2) is 4.48 Å². The summed E-state index contributed by atoms with van der Waals surface area (Å²) in [5.41, 5.74) is 0. The van der Waals surface area contributed by atoms with E-state index in [0.29, 0.717) is 4.48 Å². The fraction of sp³-hybridized carbons (Fsp3) is 1.00. The van der Waals surface area contributed by atoms with E-state index in [0.717, 1.165) is 30.7 Å². The molecule has 1 atom stereocenters. The third-order valence-corrected chi connectivity index (χ3v) is 2.70. The number of aliphatic hydroxyl groups is 2. The van der Waals surface area contributed by atoms with E-state index in [-0.39, 0.29) is 0 Å². The molecule has 0 amide bonds. The van der Waals surface area contributed by atoms with Gasteiger partial charge in [-0.15, -0.1) is 0 Å². The molecule has 0 spiro atoms. The van der Waals surface area contributed by atoms with Crippen molar-refractivity contribution < 1.29 is 19.2 Å². The van der Waals surface area contributed by atoms with Crippen molar-refractivity contribution in [2.24, 2.45) is 0 Å². The molecule has 0 aliphatic carbocycles. The second-order valence-corrected chi connectivity index (χ2v) is 4.70. The smallest absolute Gasteiger partial charge is 0.308 e. The summed E-state index contributed by atoms with van der Waals surface area (Å²) in [4.78, 5) is 0. The summed E-state index contributed by atoms with van der Waals surface area (Å²) in [5, 5.41) is 18.4. The van der Waals surface area contributed by atoms with Crippen LogP contribution in [0, 0.1) is 0 Å². The molecule has 1 aliphatic heterocycles. The van der Waals surface area contributed by atoms with Crippen LogP contribution in [-0.4, -0.2) is 66.5 Å². The molecule has 12 heavy (non-hydrogen) atoms. The molecular weight excluding hydrogens is 156 g/mol. The lowest BCUT2D eigenvalue weighted by atomic mass is 10.2. The Kier molecular flexibility index (Phi) is 2.45. The molecule has 0 radical (unpaired) electrons. The van der Waals surface area contributed by atoms with Crippen LogP contribution in [-0.2, 0) is 0 Å². The van der Waals surface area contributed by atoms with Gasteiger partial charge in [0.1, 0.15) is 0 Å². The zero-order valence-corrected chi connectivity index (χ0v) is 8.19. The van der Waals surface area contributed by atoms with Gasteiger partial charge in [0.05, 0.1) is 34.2 Å². The zero-order valence-electron chi connectivity index (χ0n) is 8.19. The molecule has 0 aromatic carbocycles. The lowest BCUT2D eigenvalue weighted by Crippen LogP contribution is -2.66. The van der Waals surface area contributed by atoms with Crippen LogP contribution >= 0.6 is 0 Å². The van der Waals surface area contributed by atoms with Crippen LogP contribution in [0.2, 0.25) is 0 Å². The predicted octanol–water partition coefficient (Wildman–Crippen LogP) is -0.861. The van der Waals surface area contributed by atoms with Crippen molar-refractivity contribution in [1.29, 1.82) is 0 Å². The molecule has 0 aromatic rings. The maximum Gasteiger partial charge on any atom is 0.308 e. The second kappa shape index (κ2) is 2.96. The van der Waals surface area contributed by atoms with E-state index in [1.807, 2.05) is 7.05 Å². The first-order valence-corrected chi connectivity index (χ1v) is 4.38. The summed E-state index contributed by atoms with van der Waals surface area (Å²) in [5.74, 6) is 0. The quantitative estimate of drug-likeness (QED) is 0.403. The Morgan fingerprint density at radius 2 is 1.67 bits per heavy atom. The van der Waals surface area contributed by atoms with Crippen LogP contribution in [0.5, 0.6) is 0 Å². The van der Waals surface area contributed by atoms with E-state index in [4.69, 9.17) is 0 Å². The zero-order chi connectivity index (χ0) is 9.41. The Morgan fingerprint density at radius 3 is 2.00 bits per heavy atom. The van der Waals surface area contributed by atoms with Gasteiger partial charge in [-0.3, -0.25) is 4.48 Å². The fourth-order valence-corrected chi connectivity index (χ4v) is 2.06. The number of aliphatic hydroxyl groups excluding tert-OH is 1. The standard InChI is InChI=1S/C8H20N2O2/c1-9(2)5-4-6-10(3,7-9)8(11)12/h8,11-12H,4-7H2,1-3H3/q+2. The molecule has 0 bridgehead atoms. The summed E-state index contributed by atoms with van der Waals surface area (Å²) in [6.07, 6.45) is -0.177. The Bertz CT molecular complexity index is 170. The van der Waals surface area contributed by atoms with Crippen molar-refractivity contribution in [2.75, 3.05) is 40.9 Å². The molecule has 1 aliphatic rings. The van der Waals surface area contributed by atoms with Crippen molar-refractivity contribution in [3.63, 3.8) is 0 Å². The number of quaternary nitrogens is 2. The fourth-order valence-electron chi connectivity index (χ4n) is 2.06. The van der Waals surface area contributed by atoms with Crippen LogP contribution in [0.4, 0.5) is 0 Å². The van der Waals surface area contributed by atoms with Gasteiger partial charge in [0.25, 0.3) is 0 Å².